The molecule has 1 aliphatic rings. The largest absolute Gasteiger partial charge is 0.508 e. The van der Waals surface area contributed by atoms with E-state index in [2.05, 4.69) is 11.8 Å². The number of halogens is 1. The molecule has 106 valence electrons. The number of hydrogen-bond acceptors (Lipinski definition) is 3. The highest BCUT2D eigenvalue weighted by Gasteiger charge is 2.23. The Bertz CT molecular complexity index is 419. The van der Waals surface area contributed by atoms with Gasteiger partial charge >= 0.3 is 0 Å². The van der Waals surface area contributed by atoms with Gasteiger partial charge in [0.2, 0.25) is 0 Å². The van der Waals surface area contributed by atoms with E-state index in [0.717, 1.165) is 32.5 Å². The average molecular weight is 267 g/mol. The van der Waals surface area contributed by atoms with Gasteiger partial charge in [-0.05, 0) is 32.4 Å². The SMILES string of the molecule is CCN(CC1CCCO1)C(C)c1ccc(O)cc1F. The molecule has 1 heterocycles. The topological polar surface area (TPSA) is 32.7 Å². The minimum absolute atomic E-state index is 0.0187. The fraction of sp³-hybridized carbons (Fsp3) is 0.600. The highest BCUT2D eigenvalue weighted by molar-refractivity contribution is 5.29. The molecule has 1 aliphatic heterocycles. The second-order valence-electron chi connectivity index (χ2n) is 5.10. The molecule has 3 nitrogen and oxygen atoms in total. The lowest BCUT2D eigenvalue weighted by Crippen LogP contribution is -2.34. The van der Waals surface area contributed by atoms with Crippen LogP contribution in [0.25, 0.3) is 0 Å². The fourth-order valence-electron chi connectivity index (χ4n) is 2.66. The van der Waals surface area contributed by atoms with E-state index in [9.17, 15) is 9.50 Å². The predicted molar refractivity (Wildman–Crippen MR) is 72.7 cm³/mol. The molecule has 1 N–H and O–H groups in total. The lowest BCUT2D eigenvalue weighted by atomic mass is 10.0. The normalized spacial score (nSPS) is 20.9. The third-order valence-corrected chi connectivity index (χ3v) is 3.85. The zero-order valence-electron chi connectivity index (χ0n) is 11.6. The second-order valence-corrected chi connectivity index (χ2v) is 5.10. The van der Waals surface area contributed by atoms with E-state index in [1.54, 1.807) is 6.07 Å². The minimum Gasteiger partial charge on any atom is -0.508 e. The van der Waals surface area contributed by atoms with Gasteiger partial charge in [-0.2, -0.15) is 0 Å². The van der Waals surface area contributed by atoms with Gasteiger partial charge in [-0.15, -0.1) is 0 Å². The van der Waals surface area contributed by atoms with Gasteiger partial charge in [-0.3, -0.25) is 4.90 Å². The van der Waals surface area contributed by atoms with Gasteiger partial charge in [0.05, 0.1) is 6.10 Å². The Labute approximate surface area is 114 Å². The number of likely N-dealkylation sites (N-methyl/N-ethyl adjacent to an activating group) is 1. The summed E-state index contributed by atoms with van der Waals surface area (Å²) in [6, 6.07) is 4.35. The quantitative estimate of drug-likeness (QED) is 0.890. The zero-order chi connectivity index (χ0) is 13.8. The predicted octanol–water partition coefficient (Wildman–Crippen LogP) is 3.09. The number of nitrogens with zero attached hydrogens (tertiary/aromatic N) is 1. The summed E-state index contributed by atoms with van der Waals surface area (Å²) in [6.45, 7) is 6.58. The molecule has 0 saturated carbocycles. The van der Waals surface area contributed by atoms with E-state index in [1.165, 1.54) is 12.1 Å². The van der Waals surface area contributed by atoms with Crippen molar-refractivity contribution in [1.82, 2.24) is 4.90 Å². The maximum atomic E-state index is 13.9. The Morgan fingerprint density at radius 1 is 1.53 bits per heavy atom. The van der Waals surface area contributed by atoms with E-state index in [0.29, 0.717) is 5.56 Å². The van der Waals surface area contributed by atoms with E-state index in [-0.39, 0.29) is 23.7 Å². The van der Waals surface area contributed by atoms with Crippen LogP contribution in [0.15, 0.2) is 18.2 Å². The van der Waals surface area contributed by atoms with Crippen LogP contribution in [-0.2, 0) is 4.74 Å². The van der Waals surface area contributed by atoms with Crippen LogP contribution in [-0.4, -0.2) is 35.8 Å². The van der Waals surface area contributed by atoms with Crippen LogP contribution in [0.1, 0.15) is 38.3 Å². The summed E-state index contributed by atoms with van der Waals surface area (Å²) >= 11 is 0. The molecule has 0 spiro atoms. The average Bonchev–Trinajstić information content (AvgIpc) is 2.88. The first-order chi connectivity index (χ1) is 9.11. The van der Waals surface area contributed by atoms with Crippen molar-refractivity contribution in [2.24, 2.45) is 0 Å². The molecule has 1 aromatic carbocycles. The Morgan fingerprint density at radius 2 is 2.32 bits per heavy atom. The molecule has 1 aromatic rings. The summed E-state index contributed by atoms with van der Waals surface area (Å²) in [5, 5.41) is 9.27. The van der Waals surface area contributed by atoms with Crippen LogP contribution in [0.3, 0.4) is 0 Å². The standard InChI is InChI=1S/C15H22FNO2/c1-3-17(10-13-5-4-8-19-13)11(2)14-7-6-12(18)9-15(14)16/h6-7,9,11,13,18H,3-5,8,10H2,1-2H3. The number of aromatic hydroxyl groups is 1. The summed E-state index contributed by atoms with van der Waals surface area (Å²) in [5.41, 5.74) is 0.623. The highest BCUT2D eigenvalue weighted by atomic mass is 19.1. The molecule has 0 radical (unpaired) electrons. The molecule has 19 heavy (non-hydrogen) atoms. The van der Waals surface area contributed by atoms with Gasteiger partial charge in [0.25, 0.3) is 0 Å². The number of rotatable bonds is 5. The lowest BCUT2D eigenvalue weighted by molar-refractivity contribution is 0.0612. The monoisotopic (exact) mass is 267 g/mol. The number of phenols is 1. The van der Waals surface area contributed by atoms with Gasteiger partial charge in [0.15, 0.2) is 0 Å². The maximum absolute atomic E-state index is 13.9. The van der Waals surface area contributed by atoms with Crippen LogP contribution in [0.4, 0.5) is 4.39 Å². The van der Waals surface area contributed by atoms with E-state index in [1.807, 2.05) is 6.92 Å². The van der Waals surface area contributed by atoms with Crippen molar-refractivity contribution >= 4 is 0 Å². The van der Waals surface area contributed by atoms with Gasteiger partial charge in [-0.25, -0.2) is 4.39 Å². The Kier molecular flexibility index (Phi) is 4.77. The van der Waals surface area contributed by atoms with Crippen molar-refractivity contribution in [3.05, 3.63) is 29.6 Å². The molecule has 2 unspecified atom stereocenters. The van der Waals surface area contributed by atoms with Crippen LogP contribution in [0.5, 0.6) is 5.75 Å². The fourth-order valence-corrected chi connectivity index (χ4v) is 2.66. The van der Waals surface area contributed by atoms with Gasteiger partial charge in [-0.1, -0.05) is 13.0 Å². The van der Waals surface area contributed by atoms with E-state index in [4.69, 9.17) is 4.74 Å². The van der Waals surface area contributed by atoms with Gasteiger partial charge < -0.3 is 9.84 Å². The van der Waals surface area contributed by atoms with Crippen molar-refractivity contribution in [3.63, 3.8) is 0 Å². The zero-order valence-corrected chi connectivity index (χ0v) is 11.6. The molecule has 0 bridgehead atoms. The first kappa shape index (κ1) is 14.3. The molecule has 0 aliphatic carbocycles. The van der Waals surface area contributed by atoms with Crippen molar-refractivity contribution < 1.29 is 14.2 Å². The summed E-state index contributed by atoms with van der Waals surface area (Å²) < 4.78 is 19.5. The summed E-state index contributed by atoms with van der Waals surface area (Å²) in [7, 11) is 0. The molecular weight excluding hydrogens is 245 g/mol. The van der Waals surface area contributed by atoms with E-state index < -0.39 is 0 Å². The van der Waals surface area contributed by atoms with Crippen LogP contribution < -0.4 is 0 Å². The molecule has 4 heteroatoms. The number of benzene rings is 1. The van der Waals surface area contributed by atoms with Crippen LogP contribution >= 0.6 is 0 Å². The molecule has 1 fully saturated rings. The van der Waals surface area contributed by atoms with Gasteiger partial charge in [0, 0.05) is 30.8 Å². The van der Waals surface area contributed by atoms with Crippen molar-refractivity contribution in [1.29, 1.82) is 0 Å². The van der Waals surface area contributed by atoms with Gasteiger partial charge in [0.1, 0.15) is 11.6 Å². The molecule has 0 aromatic heterocycles. The van der Waals surface area contributed by atoms with E-state index >= 15 is 0 Å². The molecule has 2 rings (SSSR count). The number of phenolic OH excluding ortho intramolecular Hbond substituents is 1. The van der Waals surface area contributed by atoms with Crippen molar-refractivity contribution in [2.45, 2.75) is 38.8 Å². The second kappa shape index (κ2) is 6.35. The van der Waals surface area contributed by atoms with Crippen LogP contribution in [0.2, 0.25) is 0 Å². The summed E-state index contributed by atoms with van der Waals surface area (Å²) in [4.78, 5) is 2.21. The molecule has 1 saturated heterocycles. The smallest absolute Gasteiger partial charge is 0.131 e. The Balaban J connectivity index is 2.08. The third-order valence-electron chi connectivity index (χ3n) is 3.85. The Hall–Kier alpha value is -1.13. The molecule has 2 atom stereocenters. The minimum atomic E-state index is -0.349. The molecule has 0 amide bonds. The van der Waals surface area contributed by atoms with Crippen LogP contribution in [0, 0.1) is 5.82 Å². The first-order valence-corrected chi connectivity index (χ1v) is 6.96. The lowest BCUT2D eigenvalue weighted by Gasteiger charge is -2.30. The third kappa shape index (κ3) is 3.45. The number of hydrogen-bond donors (Lipinski definition) is 1. The Morgan fingerprint density at radius 3 is 2.89 bits per heavy atom. The van der Waals surface area contributed by atoms with Crippen molar-refractivity contribution in [3.8, 4) is 5.75 Å². The van der Waals surface area contributed by atoms with Crippen molar-refractivity contribution in [2.75, 3.05) is 19.7 Å². The maximum Gasteiger partial charge on any atom is 0.131 e. The first-order valence-electron chi connectivity index (χ1n) is 6.96. The molecular formula is C15H22FNO2. The highest BCUT2D eigenvalue weighted by Crippen LogP contribution is 2.26. The summed E-state index contributed by atoms with van der Waals surface area (Å²) in [6.07, 6.45) is 2.47. The number of ether oxygens (including phenoxy) is 1. The summed E-state index contributed by atoms with van der Waals surface area (Å²) in [5.74, 6) is -0.381.